The summed E-state index contributed by atoms with van der Waals surface area (Å²) in [4.78, 5) is 0. The van der Waals surface area contributed by atoms with E-state index in [4.69, 9.17) is 14.7 Å². The van der Waals surface area contributed by atoms with Crippen LogP contribution in [0.2, 0.25) is 0 Å². The lowest BCUT2D eigenvalue weighted by Gasteiger charge is -2.12. The van der Waals surface area contributed by atoms with Crippen molar-refractivity contribution in [1.29, 1.82) is 5.26 Å². The van der Waals surface area contributed by atoms with E-state index in [1.54, 1.807) is 0 Å². The van der Waals surface area contributed by atoms with Crippen LogP contribution in [-0.2, 0) is 6.42 Å². The molecule has 2 aromatic carbocycles. The predicted molar refractivity (Wildman–Crippen MR) is 90.4 cm³/mol. The van der Waals surface area contributed by atoms with Crippen LogP contribution in [0.1, 0.15) is 5.56 Å². The highest BCUT2D eigenvalue weighted by Gasteiger charge is 2.06. The maximum absolute atomic E-state index is 8.51. The molecule has 112 valence electrons. The van der Waals surface area contributed by atoms with Crippen LogP contribution in [0.4, 0.5) is 0 Å². The molecule has 0 bridgehead atoms. The zero-order valence-electron chi connectivity index (χ0n) is 12.2. The molecule has 0 atom stereocenters. The molecule has 3 nitrogen and oxygen atoms in total. The fourth-order valence-corrected chi connectivity index (χ4v) is 2.20. The summed E-state index contributed by atoms with van der Waals surface area (Å²) >= 11 is 1.19. The first-order valence-electron chi connectivity index (χ1n) is 6.94. The molecule has 0 fully saturated rings. The Morgan fingerprint density at radius 2 is 1.95 bits per heavy atom. The van der Waals surface area contributed by atoms with Gasteiger partial charge in [-0.05, 0) is 48.5 Å². The third kappa shape index (κ3) is 4.87. The Morgan fingerprint density at radius 3 is 2.68 bits per heavy atom. The van der Waals surface area contributed by atoms with Crippen LogP contribution in [0.25, 0.3) is 0 Å². The lowest BCUT2D eigenvalue weighted by atomic mass is 10.1. The van der Waals surface area contributed by atoms with E-state index >= 15 is 0 Å². The number of hydrogen-bond acceptors (Lipinski definition) is 4. The van der Waals surface area contributed by atoms with Crippen LogP contribution in [-0.4, -0.2) is 12.4 Å². The lowest BCUT2D eigenvalue weighted by Crippen LogP contribution is -2.02. The Balaban J connectivity index is 2.09. The van der Waals surface area contributed by atoms with Crippen molar-refractivity contribution in [3.8, 4) is 22.6 Å². The fraction of sp³-hybridized carbons (Fsp3) is 0.167. The van der Waals surface area contributed by atoms with Gasteiger partial charge < -0.3 is 9.47 Å². The largest absolute Gasteiger partial charge is 0.492 e. The second-order valence-electron chi connectivity index (χ2n) is 4.47. The number of rotatable bonds is 8. The lowest BCUT2D eigenvalue weighted by molar-refractivity contribution is 0.340. The molecule has 0 aromatic heterocycles. The summed E-state index contributed by atoms with van der Waals surface area (Å²) in [6.07, 6.45) is 2.53. The third-order valence-corrected chi connectivity index (χ3v) is 3.38. The van der Waals surface area contributed by atoms with Crippen LogP contribution < -0.4 is 9.47 Å². The molecule has 2 aromatic rings. The van der Waals surface area contributed by atoms with Crippen molar-refractivity contribution in [3.05, 3.63) is 66.7 Å². The van der Waals surface area contributed by atoms with Crippen molar-refractivity contribution < 1.29 is 9.47 Å². The Kier molecular flexibility index (Phi) is 6.40. The number of allylic oxidation sites excluding steroid dienone is 1. The summed E-state index contributed by atoms with van der Waals surface area (Å²) in [5.74, 6) is 3.01. The van der Waals surface area contributed by atoms with Gasteiger partial charge in [0, 0.05) is 11.3 Å². The monoisotopic (exact) mass is 311 g/mol. The zero-order valence-corrected chi connectivity index (χ0v) is 13.0. The van der Waals surface area contributed by atoms with Gasteiger partial charge in [0.1, 0.15) is 22.6 Å². The van der Waals surface area contributed by atoms with Crippen molar-refractivity contribution in [1.82, 2.24) is 0 Å². The summed E-state index contributed by atoms with van der Waals surface area (Å²) in [5, 5.41) is 10.5. The first-order chi connectivity index (χ1) is 10.8. The molecule has 0 radical (unpaired) electrons. The van der Waals surface area contributed by atoms with Crippen molar-refractivity contribution >= 4 is 11.8 Å². The molecule has 0 aliphatic rings. The second-order valence-corrected chi connectivity index (χ2v) is 5.35. The van der Waals surface area contributed by atoms with E-state index in [-0.39, 0.29) is 0 Å². The normalized spacial score (nSPS) is 9.77. The Hall–Kier alpha value is -2.38. The predicted octanol–water partition coefficient (Wildman–Crippen LogP) is 4.80. The van der Waals surface area contributed by atoms with Gasteiger partial charge in [-0.15, -0.1) is 6.58 Å². The number of hydrogen-bond donors (Lipinski definition) is 0. The Labute approximate surface area is 135 Å². The quantitative estimate of drug-likeness (QED) is 0.399. The molecule has 2 rings (SSSR count). The summed E-state index contributed by atoms with van der Waals surface area (Å²) in [6, 6.07) is 15.4. The highest BCUT2D eigenvalue weighted by Crippen LogP contribution is 2.28. The standard InChI is InChI=1S/C18H17NO2S/c1-2-6-15-13-17(21-16-7-4-3-5-8-16)9-10-18(15)20-11-12-22-14-19/h2-5,7-10,13H,1,6,11-12H2. The van der Waals surface area contributed by atoms with E-state index in [9.17, 15) is 0 Å². The van der Waals surface area contributed by atoms with Crippen LogP contribution >= 0.6 is 11.8 Å². The Morgan fingerprint density at radius 1 is 1.14 bits per heavy atom. The minimum atomic E-state index is 0.501. The van der Waals surface area contributed by atoms with Gasteiger partial charge in [-0.25, -0.2) is 0 Å². The second kappa shape index (κ2) is 8.81. The van der Waals surface area contributed by atoms with Crippen LogP contribution in [0.5, 0.6) is 17.2 Å². The number of nitriles is 1. The van der Waals surface area contributed by atoms with Crippen LogP contribution in [0.15, 0.2) is 61.2 Å². The number of thiocyanates is 1. The number of nitrogens with zero attached hydrogens (tertiary/aromatic N) is 1. The number of ether oxygens (including phenoxy) is 2. The molecular formula is C18H17NO2S. The minimum absolute atomic E-state index is 0.501. The van der Waals surface area contributed by atoms with E-state index in [0.29, 0.717) is 18.8 Å². The van der Waals surface area contributed by atoms with E-state index in [0.717, 1.165) is 22.8 Å². The molecule has 0 aliphatic carbocycles. The number of thioether (sulfide) groups is 1. The Bertz CT molecular complexity index is 650. The highest BCUT2D eigenvalue weighted by molar-refractivity contribution is 8.03. The van der Waals surface area contributed by atoms with Gasteiger partial charge >= 0.3 is 0 Å². The molecule has 0 saturated carbocycles. The van der Waals surface area contributed by atoms with Gasteiger partial charge in [-0.3, -0.25) is 0 Å². The smallest absolute Gasteiger partial charge is 0.133 e. The average molecular weight is 311 g/mol. The van der Waals surface area contributed by atoms with Gasteiger partial charge in [-0.2, -0.15) is 5.26 Å². The first kappa shape index (κ1) is 16.0. The number of benzene rings is 2. The van der Waals surface area contributed by atoms with Crippen molar-refractivity contribution in [2.75, 3.05) is 12.4 Å². The molecule has 0 N–H and O–H groups in total. The highest BCUT2D eigenvalue weighted by atomic mass is 32.2. The van der Waals surface area contributed by atoms with Crippen LogP contribution in [0, 0.1) is 10.7 Å². The molecule has 0 heterocycles. The molecule has 0 unspecified atom stereocenters. The summed E-state index contributed by atoms with van der Waals surface area (Å²) in [7, 11) is 0. The topological polar surface area (TPSA) is 42.2 Å². The first-order valence-corrected chi connectivity index (χ1v) is 7.92. The SMILES string of the molecule is C=CCc1cc(Oc2ccccc2)ccc1OCCSC#N. The van der Waals surface area contributed by atoms with Gasteiger partial charge in [-0.1, -0.05) is 24.3 Å². The third-order valence-electron chi connectivity index (χ3n) is 2.88. The van der Waals surface area contributed by atoms with Gasteiger partial charge in [0.25, 0.3) is 0 Å². The fourth-order valence-electron chi connectivity index (χ4n) is 1.94. The molecule has 0 saturated heterocycles. The molecule has 22 heavy (non-hydrogen) atoms. The van der Waals surface area contributed by atoms with Gasteiger partial charge in [0.2, 0.25) is 0 Å². The summed E-state index contributed by atoms with van der Waals surface area (Å²) < 4.78 is 11.5. The average Bonchev–Trinajstić information content (AvgIpc) is 2.54. The van der Waals surface area contributed by atoms with Gasteiger partial charge in [0.05, 0.1) is 6.61 Å². The number of para-hydroxylation sites is 1. The maximum atomic E-state index is 8.51. The van der Waals surface area contributed by atoms with Crippen molar-refractivity contribution in [2.24, 2.45) is 0 Å². The maximum Gasteiger partial charge on any atom is 0.133 e. The van der Waals surface area contributed by atoms with E-state index in [1.165, 1.54) is 11.8 Å². The minimum Gasteiger partial charge on any atom is -0.492 e. The van der Waals surface area contributed by atoms with Gasteiger partial charge in [0.15, 0.2) is 0 Å². The molecule has 0 spiro atoms. The van der Waals surface area contributed by atoms with Crippen LogP contribution in [0.3, 0.4) is 0 Å². The van der Waals surface area contributed by atoms with E-state index in [2.05, 4.69) is 6.58 Å². The zero-order chi connectivity index (χ0) is 15.6. The summed E-state index contributed by atoms with van der Waals surface area (Å²) in [6.45, 7) is 4.28. The molecule has 0 aliphatic heterocycles. The summed E-state index contributed by atoms with van der Waals surface area (Å²) in [5.41, 5.74) is 1.02. The molecule has 0 amide bonds. The van der Waals surface area contributed by atoms with E-state index < -0.39 is 0 Å². The van der Waals surface area contributed by atoms with Crippen molar-refractivity contribution in [2.45, 2.75) is 6.42 Å². The molecule has 4 heteroatoms. The van der Waals surface area contributed by atoms with E-state index in [1.807, 2.05) is 60.0 Å². The molecular weight excluding hydrogens is 294 g/mol. The van der Waals surface area contributed by atoms with Crippen molar-refractivity contribution in [3.63, 3.8) is 0 Å².